The maximum Gasteiger partial charge on any atom is 0.305 e. The van der Waals surface area contributed by atoms with Gasteiger partial charge in [-0.15, -0.1) is 0 Å². The summed E-state index contributed by atoms with van der Waals surface area (Å²) in [6, 6.07) is 6.46. The standard InChI is InChI=1S/C13H14ClNO3S/c14-9-3-1-8(2-4-9)11(6-13(17)18)15-7-10(19)5-12(15)16/h1-4,10-11,19H,5-7H2,(H,17,18). The van der Waals surface area contributed by atoms with E-state index in [0.29, 0.717) is 18.0 Å². The number of carboxylic acids is 1. The first-order chi connectivity index (χ1) is 8.97. The summed E-state index contributed by atoms with van der Waals surface area (Å²) < 4.78 is 0. The Hall–Kier alpha value is -1.20. The zero-order valence-corrected chi connectivity index (χ0v) is 11.8. The third kappa shape index (κ3) is 3.42. The number of amides is 1. The van der Waals surface area contributed by atoms with Gasteiger partial charge in [-0.2, -0.15) is 12.6 Å². The predicted molar refractivity (Wildman–Crippen MR) is 75.5 cm³/mol. The summed E-state index contributed by atoms with van der Waals surface area (Å²) >= 11 is 10.1. The maximum absolute atomic E-state index is 11.9. The van der Waals surface area contributed by atoms with Crippen molar-refractivity contribution in [3.63, 3.8) is 0 Å². The lowest BCUT2D eigenvalue weighted by molar-refractivity contribution is -0.139. The molecule has 1 amide bonds. The van der Waals surface area contributed by atoms with Crippen LogP contribution in [0.1, 0.15) is 24.4 Å². The second kappa shape index (κ2) is 5.84. The fraction of sp³-hybridized carbons (Fsp3) is 0.385. The molecule has 19 heavy (non-hydrogen) atoms. The van der Waals surface area contributed by atoms with Crippen LogP contribution in [0.5, 0.6) is 0 Å². The highest BCUT2D eigenvalue weighted by molar-refractivity contribution is 7.81. The van der Waals surface area contributed by atoms with Crippen LogP contribution in [0.4, 0.5) is 0 Å². The molecule has 1 aromatic rings. The monoisotopic (exact) mass is 299 g/mol. The first-order valence-corrected chi connectivity index (χ1v) is 6.81. The van der Waals surface area contributed by atoms with Crippen molar-refractivity contribution < 1.29 is 14.7 Å². The summed E-state index contributed by atoms with van der Waals surface area (Å²) in [5.41, 5.74) is 0.780. The summed E-state index contributed by atoms with van der Waals surface area (Å²) in [4.78, 5) is 24.5. The largest absolute Gasteiger partial charge is 0.481 e. The van der Waals surface area contributed by atoms with Gasteiger partial charge in [0.05, 0.1) is 12.5 Å². The number of carbonyl (C=O) groups excluding carboxylic acids is 1. The first kappa shape index (κ1) is 14.2. The van der Waals surface area contributed by atoms with E-state index in [1.165, 1.54) is 0 Å². The Morgan fingerprint density at radius 1 is 1.47 bits per heavy atom. The lowest BCUT2D eigenvalue weighted by atomic mass is 10.0. The highest BCUT2D eigenvalue weighted by atomic mass is 35.5. The number of nitrogens with zero attached hydrogens (tertiary/aromatic N) is 1. The molecule has 1 aromatic carbocycles. The van der Waals surface area contributed by atoms with Crippen LogP contribution in [0.3, 0.4) is 0 Å². The van der Waals surface area contributed by atoms with E-state index in [0.717, 1.165) is 5.56 Å². The van der Waals surface area contributed by atoms with Gasteiger partial charge >= 0.3 is 5.97 Å². The Bertz CT molecular complexity index is 491. The second-order valence-corrected chi connectivity index (χ2v) is 5.74. The van der Waals surface area contributed by atoms with Gasteiger partial charge < -0.3 is 10.0 Å². The zero-order chi connectivity index (χ0) is 14.0. The number of aliphatic carboxylic acids is 1. The number of hydrogen-bond acceptors (Lipinski definition) is 3. The molecule has 1 N–H and O–H groups in total. The van der Waals surface area contributed by atoms with Crippen molar-refractivity contribution in [1.29, 1.82) is 0 Å². The van der Waals surface area contributed by atoms with Crippen LogP contribution in [0, 0.1) is 0 Å². The summed E-state index contributed by atoms with van der Waals surface area (Å²) in [7, 11) is 0. The number of hydrogen-bond donors (Lipinski definition) is 2. The molecule has 0 spiro atoms. The number of carboxylic acid groups (broad SMARTS) is 1. The highest BCUT2D eigenvalue weighted by Gasteiger charge is 2.34. The molecule has 2 atom stereocenters. The molecule has 1 aliphatic rings. The van der Waals surface area contributed by atoms with Crippen LogP contribution in [-0.4, -0.2) is 33.7 Å². The van der Waals surface area contributed by atoms with E-state index < -0.39 is 12.0 Å². The smallest absolute Gasteiger partial charge is 0.305 e. The SMILES string of the molecule is O=C(O)CC(c1ccc(Cl)cc1)N1CC(S)CC1=O. The van der Waals surface area contributed by atoms with Gasteiger partial charge in [-0.25, -0.2) is 0 Å². The highest BCUT2D eigenvalue weighted by Crippen LogP contribution is 2.31. The van der Waals surface area contributed by atoms with Crippen LogP contribution in [-0.2, 0) is 9.59 Å². The molecule has 0 aliphatic carbocycles. The Kier molecular flexibility index (Phi) is 4.37. The van der Waals surface area contributed by atoms with Gasteiger partial charge in [-0.05, 0) is 17.7 Å². The number of halogens is 1. The van der Waals surface area contributed by atoms with E-state index in [1.807, 2.05) is 0 Å². The lowest BCUT2D eigenvalue weighted by Crippen LogP contribution is -2.32. The van der Waals surface area contributed by atoms with Crippen LogP contribution in [0.25, 0.3) is 0 Å². The topological polar surface area (TPSA) is 57.6 Å². The molecule has 0 aromatic heterocycles. The average molecular weight is 300 g/mol. The molecule has 4 nitrogen and oxygen atoms in total. The van der Waals surface area contributed by atoms with Crippen molar-refractivity contribution in [1.82, 2.24) is 4.90 Å². The van der Waals surface area contributed by atoms with E-state index in [9.17, 15) is 9.59 Å². The molecule has 0 saturated carbocycles. The van der Waals surface area contributed by atoms with Gasteiger partial charge in [-0.3, -0.25) is 9.59 Å². The molecular formula is C13H14ClNO3S. The molecule has 0 bridgehead atoms. The van der Waals surface area contributed by atoms with E-state index in [1.54, 1.807) is 29.2 Å². The van der Waals surface area contributed by atoms with Crippen molar-refractivity contribution >= 4 is 36.1 Å². The van der Waals surface area contributed by atoms with Gasteiger partial charge in [0, 0.05) is 23.2 Å². The second-order valence-electron chi connectivity index (χ2n) is 4.57. The van der Waals surface area contributed by atoms with E-state index in [4.69, 9.17) is 16.7 Å². The molecule has 0 radical (unpaired) electrons. The normalized spacial score (nSPS) is 20.6. The number of thiol groups is 1. The lowest BCUT2D eigenvalue weighted by Gasteiger charge is -2.27. The van der Waals surface area contributed by atoms with Crippen molar-refractivity contribution in [2.45, 2.75) is 24.1 Å². The fourth-order valence-electron chi connectivity index (χ4n) is 2.27. The molecule has 2 unspecified atom stereocenters. The number of carbonyl (C=O) groups is 2. The Balaban J connectivity index is 2.28. The summed E-state index contributed by atoms with van der Waals surface area (Å²) in [5, 5.41) is 9.58. The van der Waals surface area contributed by atoms with Gasteiger partial charge in [0.25, 0.3) is 0 Å². The summed E-state index contributed by atoms with van der Waals surface area (Å²) in [6.07, 6.45) is 0.237. The van der Waals surface area contributed by atoms with E-state index >= 15 is 0 Å². The Labute approximate surface area is 121 Å². The third-order valence-corrected chi connectivity index (χ3v) is 3.73. The van der Waals surface area contributed by atoms with Crippen LogP contribution in [0.2, 0.25) is 5.02 Å². The first-order valence-electron chi connectivity index (χ1n) is 5.92. The van der Waals surface area contributed by atoms with E-state index in [2.05, 4.69) is 12.6 Å². The van der Waals surface area contributed by atoms with Gasteiger partial charge in [0.2, 0.25) is 5.91 Å². The maximum atomic E-state index is 11.9. The molecular weight excluding hydrogens is 286 g/mol. The van der Waals surface area contributed by atoms with Gasteiger partial charge in [-0.1, -0.05) is 23.7 Å². The zero-order valence-electron chi connectivity index (χ0n) is 10.1. The summed E-state index contributed by atoms with van der Waals surface area (Å²) in [6.45, 7) is 0.475. The van der Waals surface area contributed by atoms with E-state index in [-0.39, 0.29) is 17.6 Å². The number of likely N-dealkylation sites (tertiary alicyclic amines) is 1. The van der Waals surface area contributed by atoms with Gasteiger partial charge in [0.15, 0.2) is 0 Å². The molecule has 1 saturated heterocycles. The van der Waals surface area contributed by atoms with Crippen LogP contribution < -0.4 is 0 Å². The van der Waals surface area contributed by atoms with Crippen molar-refractivity contribution in [2.75, 3.05) is 6.54 Å². The quantitative estimate of drug-likeness (QED) is 0.839. The molecule has 102 valence electrons. The number of benzene rings is 1. The molecule has 1 aliphatic heterocycles. The molecule has 1 fully saturated rings. The summed E-state index contributed by atoms with van der Waals surface area (Å²) in [5.74, 6) is -0.989. The van der Waals surface area contributed by atoms with Crippen LogP contribution in [0.15, 0.2) is 24.3 Å². The molecule has 6 heteroatoms. The fourth-order valence-corrected chi connectivity index (χ4v) is 2.73. The van der Waals surface area contributed by atoms with Crippen LogP contribution >= 0.6 is 24.2 Å². The third-order valence-electron chi connectivity index (χ3n) is 3.14. The minimum absolute atomic E-state index is 0.0314. The minimum atomic E-state index is -0.935. The number of rotatable bonds is 4. The predicted octanol–water partition coefficient (Wildman–Crippen LogP) is 2.39. The van der Waals surface area contributed by atoms with Gasteiger partial charge in [0.1, 0.15) is 0 Å². The molecule has 2 rings (SSSR count). The van der Waals surface area contributed by atoms with Crippen molar-refractivity contribution in [3.8, 4) is 0 Å². The Morgan fingerprint density at radius 3 is 2.58 bits per heavy atom. The average Bonchev–Trinajstić information content (AvgIpc) is 2.66. The van der Waals surface area contributed by atoms with Crippen molar-refractivity contribution in [3.05, 3.63) is 34.9 Å². The van der Waals surface area contributed by atoms with Crippen molar-refractivity contribution in [2.24, 2.45) is 0 Å². The minimum Gasteiger partial charge on any atom is -0.481 e. The Morgan fingerprint density at radius 2 is 2.11 bits per heavy atom. The molecule has 1 heterocycles.